The van der Waals surface area contributed by atoms with Crippen molar-refractivity contribution in [3.05, 3.63) is 52.4 Å². The number of fused-ring (bicyclic) bond motifs is 1. The number of aliphatic hydroxyl groups is 1. The maximum Gasteiger partial charge on any atom is 0.336 e. The number of hydrogen-bond acceptors (Lipinski definition) is 6. The van der Waals surface area contributed by atoms with Gasteiger partial charge in [0.1, 0.15) is 17.4 Å². The molecule has 2 aromatic rings. The molecule has 1 N–H and O–H groups in total. The van der Waals surface area contributed by atoms with Crippen molar-refractivity contribution in [3.63, 3.8) is 0 Å². The van der Waals surface area contributed by atoms with E-state index in [2.05, 4.69) is 13.5 Å². The average Bonchev–Trinajstić information content (AvgIpc) is 2.78. The van der Waals surface area contributed by atoms with Crippen LogP contribution in [0, 0.1) is 5.92 Å². The predicted molar refractivity (Wildman–Crippen MR) is 126 cm³/mol. The normalized spacial score (nSPS) is 14.0. The SMILES string of the molecule is C=C(C)C(O)C(OC(=O)C(C)CCCCCCCC)c1c(OC)ccc2ccc(=O)oc12. The van der Waals surface area contributed by atoms with Crippen LogP contribution in [0.2, 0.25) is 0 Å². The minimum Gasteiger partial charge on any atom is -0.496 e. The van der Waals surface area contributed by atoms with Gasteiger partial charge in [0.25, 0.3) is 0 Å². The second-order valence-electron chi connectivity index (χ2n) is 8.46. The predicted octanol–water partition coefficient (Wildman–Crippen LogP) is 5.71. The first-order valence-corrected chi connectivity index (χ1v) is 11.4. The monoisotopic (exact) mass is 444 g/mol. The van der Waals surface area contributed by atoms with Crippen molar-refractivity contribution in [1.29, 1.82) is 0 Å². The second-order valence-corrected chi connectivity index (χ2v) is 8.46. The fraction of sp³-hybridized carbons (Fsp3) is 0.538. The first-order valence-electron chi connectivity index (χ1n) is 11.4. The number of carbonyl (C=O) groups is 1. The number of ether oxygens (including phenoxy) is 2. The van der Waals surface area contributed by atoms with Crippen molar-refractivity contribution in [2.75, 3.05) is 7.11 Å². The van der Waals surface area contributed by atoms with Gasteiger partial charge in [-0.05, 0) is 37.1 Å². The molecule has 1 aromatic carbocycles. The van der Waals surface area contributed by atoms with E-state index < -0.39 is 23.8 Å². The van der Waals surface area contributed by atoms with E-state index >= 15 is 0 Å². The Balaban J connectivity index is 2.28. The van der Waals surface area contributed by atoms with Crippen LogP contribution < -0.4 is 10.4 Å². The summed E-state index contributed by atoms with van der Waals surface area (Å²) in [6.45, 7) is 9.49. The Morgan fingerprint density at radius 2 is 1.78 bits per heavy atom. The molecular weight excluding hydrogens is 408 g/mol. The lowest BCUT2D eigenvalue weighted by atomic mass is 9.96. The zero-order valence-corrected chi connectivity index (χ0v) is 19.7. The smallest absolute Gasteiger partial charge is 0.336 e. The minimum atomic E-state index is -1.19. The lowest BCUT2D eigenvalue weighted by Gasteiger charge is -2.27. The second kappa shape index (κ2) is 12.4. The summed E-state index contributed by atoms with van der Waals surface area (Å²) >= 11 is 0. The maximum absolute atomic E-state index is 12.9. The summed E-state index contributed by atoms with van der Waals surface area (Å²) in [5.41, 5.74) is 0.416. The number of methoxy groups -OCH3 is 1. The van der Waals surface area contributed by atoms with Crippen LogP contribution >= 0.6 is 0 Å². The van der Waals surface area contributed by atoms with Crippen LogP contribution in [0.25, 0.3) is 11.0 Å². The largest absolute Gasteiger partial charge is 0.496 e. The number of rotatable bonds is 13. The molecule has 0 aliphatic carbocycles. The molecule has 6 heteroatoms. The molecule has 0 saturated carbocycles. The van der Waals surface area contributed by atoms with Crippen LogP contribution in [0.3, 0.4) is 0 Å². The van der Waals surface area contributed by atoms with E-state index in [0.717, 1.165) is 12.8 Å². The molecule has 6 nitrogen and oxygen atoms in total. The minimum absolute atomic E-state index is 0.221. The third-order valence-corrected chi connectivity index (χ3v) is 5.72. The molecule has 176 valence electrons. The van der Waals surface area contributed by atoms with E-state index in [0.29, 0.717) is 28.7 Å². The summed E-state index contributed by atoms with van der Waals surface area (Å²) in [5.74, 6) is -0.385. The molecule has 0 amide bonds. The van der Waals surface area contributed by atoms with E-state index in [4.69, 9.17) is 13.9 Å². The number of esters is 1. The molecule has 0 spiro atoms. The Hall–Kier alpha value is -2.60. The summed E-state index contributed by atoms with van der Waals surface area (Å²) in [6, 6.07) is 6.38. The van der Waals surface area contributed by atoms with Gasteiger partial charge in [0.05, 0.1) is 18.6 Å². The Morgan fingerprint density at radius 3 is 2.44 bits per heavy atom. The number of aliphatic hydroxyl groups excluding tert-OH is 1. The van der Waals surface area contributed by atoms with Gasteiger partial charge in [0, 0.05) is 11.5 Å². The Labute approximate surface area is 190 Å². The third-order valence-electron chi connectivity index (χ3n) is 5.72. The van der Waals surface area contributed by atoms with Crippen molar-refractivity contribution < 1.29 is 23.8 Å². The Bertz CT molecular complexity index is 960. The lowest BCUT2D eigenvalue weighted by molar-refractivity contribution is -0.159. The molecule has 2 rings (SSSR count). The van der Waals surface area contributed by atoms with Crippen LogP contribution in [0.4, 0.5) is 0 Å². The molecule has 1 heterocycles. The highest BCUT2D eigenvalue weighted by atomic mass is 16.6. The molecular formula is C26H36O6. The number of unbranched alkanes of at least 4 members (excludes halogenated alkanes) is 5. The van der Waals surface area contributed by atoms with Gasteiger partial charge < -0.3 is 19.0 Å². The van der Waals surface area contributed by atoms with Crippen molar-refractivity contribution in [2.45, 2.75) is 77.9 Å². The van der Waals surface area contributed by atoms with Gasteiger partial charge in [-0.3, -0.25) is 4.79 Å². The van der Waals surface area contributed by atoms with Crippen LogP contribution in [0.1, 0.15) is 77.4 Å². The van der Waals surface area contributed by atoms with Crippen molar-refractivity contribution in [1.82, 2.24) is 0 Å². The molecule has 1 aromatic heterocycles. The quantitative estimate of drug-likeness (QED) is 0.184. The van der Waals surface area contributed by atoms with Gasteiger partial charge in [0.2, 0.25) is 0 Å². The first kappa shape index (κ1) is 25.7. The maximum atomic E-state index is 12.9. The van der Waals surface area contributed by atoms with Crippen molar-refractivity contribution in [2.24, 2.45) is 5.92 Å². The van der Waals surface area contributed by atoms with E-state index in [1.54, 1.807) is 25.1 Å². The summed E-state index contributed by atoms with van der Waals surface area (Å²) in [5, 5.41) is 11.5. The Morgan fingerprint density at radius 1 is 1.12 bits per heavy atom. The molecule has 0 aliphatic rings. The topological polar surface area (TPSA) is 86.0 Å². The van der Waals surface area contributed by atoms with Gasteiger partial charge in [-0.15, -0.1) is 0 Å². The van der Waals surface area contributed by atoms with Crippen LogP contribution in [-0.2, 0) is 9.53 Å². The van der Waals surface area contributed by atoms with Gasteiger partial charge in [0.15, 0.2) is 6.10 Å². The van der Waals surface area contributed by atoms with E-state index in [1.165, 1.54) is 38.9 Å². The number of carbonyl (C=O) groups excluding carboxylic acids is 1. The van der Waals surface area contributed by atoms with Crippen molar-refractivity contribution >= 4 is 16.9 Å². The molecule has 0 radical (unpaired) electrons. The molecule has 0 bridgehead atoms. The zero-order chi connectivity index (χ0) is 23.7. The van der Waals surface area contributed by atoms with Gasteiger partial charge in [-0.2, -0.15) is 0 Å². The van der Waals surface area contributed by atoms with Gasteiger partial charge in [-0.1, -0.05) is 59.0 Å². The summed E-state index contributed by atoms with van der Waals surface area (Å²) < 4.78 is 16.7. The molecule has 3 unspecified atom stereocenters. The van der Waals surface area contributed by atoms with Crippen molar-refractivity contribution in [3.8, 4) is 5.75 Å². The summed E-state index contributed by atoms with van der Waals surface area (Å²) in [6.07, 6.45) is 5.25. The van der Waals surface area contributed by atoms with Gasteiger partial charge in [-0.25, -0.2) is 4.79 Å². The zero-order valence-electron chi connectivity index (χ0n) is 19.7. The summed E-state index contributed by atoms with van der Waals surface area (Å²) in [4.78, 5) is 24.8. The first-order chi connectivity index (χ1) is 15.3. The molecule has 0 saturated heterocycles. The highest BCUT2D eigenvalue weighted by molar-refractivity contribution is 5.83. The van der Waals surface area contributed by atoms with Crippen LogP contribution in [0.15, 0.2) is 45.6 Å². The molecule has 0 fully saturated rings. The fourth-order valence-electron chi connectivity index (χ4n) is 3.71. The van der Waals surface area contributed by atoms with E-state index in [-0.39, 0.29) is 11.5 Å². The molecule has 32 heavy (non-hydrogen) atoms. The van der Waals surface area contributed by atoms with E-state index in [1.807, 2.05) is 6.92 Å². The highest BCUT2D eigenvalue weighted by Crippen LogP contribution is 2.38. The average molecular weight is 445 g/mol. The van der Waals surface area contributed by atoms with Crippen LogP contribution in [0.5, 0.6) is 5.75 Å². The van der Waals surface area contributed by atoms with Crippen LogP contribution in [-0.4, -0.2) is 24.3 Å². The summed E-state index contributed by atoms with van der Waals surface area (Å²) in [7, 11) is 1.47. The number of benzene rings is 1. The molecule has 0 aliphatic heterocycles. The highest BCUT2D eigenvalue weighted by Gasteiger charge is 2.33. The Kier molecular flexibility index (Phi) is 9.97. The van der Waals surface area contributed by atoms with Gasteiger partial charge >= 0.3 is 11.6 Å². The molecule has 3 atom stereocenters. The number of hydrogen-bond donors (Lipinski definition) is 1. The fourth-order valence-corrected chi connectivity index (χ4v) is 3.71. The van der Waals surface area contributed by atoms with E-state index in [9.17, 15) is 14.7 Å². The standard InChI is InChI=1S/C26H36O6/c1-6-7-8-9-10-11-12-18(4)26(29)32-25(23(28)17(2)3)22-20(30-5)15-13-19-14-16-21(27)31-24(19)22/h13-16,18,23,25,28H,2,6-12H2,1,3-5H3. The lowest BCUT2D eigenvalue weighted by Crippen LogP contribution is -2.28. The third kappa shape index (κ3) is 6.70.